The number of rotatable bonds is 4. The van der Waals surface area contributed by atoms with Crippen LogP contribution >= 0.6 is 0 Å². The van der Waals surface area contributed by atoms with E-state index >= 15 is 0 Å². The van der Waals surface area contributed by atoms with Gasteiger partial charge in [0.05, 0.1) is 17.6 Å². The van der Waals surface area contributed by atoms with E-state index in [0.29, 0.717) is 13.1 Å². The summed E-state index contributed by atoms with van der Waals surface area (Å²) in [5.41, 5.74) is 2.49. The molecular weight excluding hydrogens is 316 g/mol. The molecule has 0 spiro atoms. The highest BCUT2D eigenvalue weighted by Crippen LogP contribution is 2.28. The number of nitrogens with one attached hydrogen (secondary N) is 1. The number of hydrogen-bond donors (Lipinski definition) is 1. The van der Waals surface area contributed by atoms with Gasteiger partial charge < -0.3 is 0 Å². The molecule has 0 unspecified atom stereocenters. The van der Waals surface area contributed by atoms with E-state index in [0.717, 1.165) is 29.9 Å². The summed E-state index contributed by atoms with van der Waals surface area (Å²) < 4.78 is 27.0. The molecule has 2 aromatic rings. The van der Waals surface area contributed by atoms with E-state index in [2.05, 4.69) is 20.2 Å². The first-order chi connectivity index (χ1) is 11.0. The molecule has 124 valence electrons. The van der Waals surface area contributed by atoms with Crippen LogP contribution in [0.25, 0.3) is 11.4 Å². The quantitative estimate of drug-likeness (QED) is 0.893. The second-order valence-electron chi connectivity index (χ2n) is 5.76. The van der Waals surface area contributed by atoms with Gasteiger partial charge in [-0.25, -0.2) is 0 Å². The summed E-state index contributed by atoms with van der Waals surface area (Å²) in [6.07, 6.45) is 6.69. The fourth-order valence-corrected chi connectivity index (χ4v) is 3.83. The van der Waals surface area contributed by atoms with Crippen LogP contribution in [-0.2, 0) is 10.2 Å². The Morgan fingerprint density at radius 3 is 2.48 bits per heavy atom. The molecule has 0 atom stereocenters. The molecule has 0 aromatic carbocycles. The monoisotopic (exact) mass is 336 g/mol. The Labute approximate surface area is 135 Å². The minimum atomic E-state index is -3.32. The average molecular weight is 336 g/mol. The standard InChI is InChI=1S/C14H20N6O2S/c1-19(2)23(21,22)20-7-4-11(5-8-20)13-9-16-14(10-15-13)12-3-6-17-18-12/h3,6,9-11H,4-5,7-8H2,1-2H3,(H,17,18). The summed E-state index contributed by atoms with van der Waals surface area (Å²) >= 11 is 0. The Hall–Kier alpha value is -1.84. The van der Waals surface area contributed by atoms with Crippen molar-refractivity contribution in [2.75, 3.05) is 27.2 Å². The Balaban J connectivity index is 1.66. The van der Waals surface area contributed by atoms with Gasteiger partial charge in [0, 0.05) is 45.5 Å². The van der Waals surface area contributed by atoms with Gasteiger partial charge in [0.2, 0.25) is 0 Å². The summed E-state index contributed by atoms with van der Waals surface area (Å²) in [5.74, 6) is 0.243. The van der Waals surface area contributed by atoms with Crippen molar-refractivity contribution >= 4 is 10.2 Å². The van der Waals surface area contributed by atoms with Crippen LogP contribution in [0.2, 0.25) is 0 Å². The van der Waals surface area contributed by atoms with Gasteiger partial charge in [0.1, 0.15) is 5.69 Å². The van der Waals surface area contributed by atoms with Gasteiger partial charge in [-0.1, -0.05) is 0 Å². The van der Waals surface area contributed by atoms with E-state index in [1.54, 1.807) is 32.7 Å². The van der Waals surface area contributed by atoms with Gasteiger partial charge in [-0.15, -0.1) is 0 Å². The Morgan fingerprint density at radius 2 is 1.96 bits per heavy atom. The lowest BCUT2D eigenvalue weighted by atomic mass is 9.95. The molecule has 0 bridgehead atoms. The second kappa shape index (κ2) is 6.34. The van der Waals surface area contributed by atoms with Crippen molar-refractivity contribution in [1.82, 2.24) is 28.8 Å². The van der Waals surface area contributed by atoms with Crippen molar-refractivity contribution < 1.29 is 8.42 Å². The first kappa shape index (κ1) is 16.0. The highest BCUT2D eigenvalue weighted by Gasteiger charge is 2.30. The van der Waals surface area contributed by atoms with Gasteiger partial charge in [-0.2, -0.15) is 22.1 Å². The van der Waals surface area contributed by atoms with Gasteiger partial charge in [0.15, 0.2) is 0 Å². The summed E-state index contributed by atoms with van der Waals surface area (Å²) in [5, 5.41) is 6.75. The number of H-pyrrole nitrogens is 1. The lowest BCUT2D eigenvalue weighted by molar-refractivity contribution is 0.300. The second-order valence-corrected chi connectivity index (χ2v) is 7.90. The highest BCUT2D eigenvalue weighted by atomic mass is 32.2. The van der Waals surface area contributed by atoms with Crippen LogP contribution in [0.15, 0.2) is 24.7 Å². The molecule has 23 heavy (non-hydrogen) atoms. The van der Waals surface area contributed by atoms with Gasteiger partial charge in [-0.3, -0.25) is 15.1 Å². The maximum atomic E-state index is 12.1. The molecule has 3 heterocycles. The van der Waals surface area contributed by atoms with Crippen molar-refractivity contribution in [3.8, 4) is 11.4 Å². The molecule has 9 heteroatoms. The summed E-state index contributed by atoms with van der Waals surface area (Å²) in [7, 11) is -0.209. The molecule has 8 nitrogen and oxygen atoms in total. The normalized spacial score (nSPS) is 17.7. The summed E-state index contributed by atoms with van der Waals surface area (Å²) in [6, 6.07) is 1.84. The zero-order valence-electron chi connectivity index (χ0n) is 13.2. The van der Waals surface area contributed by atoms with Crippen LogP contribution in [-0.4, -0.2) is 64.4 Å². The Bertz CT molecular complexity index is 734. The minimum Gasteiger partial charge on any atom is -0.276 e. The maximum Gasteiger partial charge on any atom is 0.281 e. The molecule has 1 saturated heterocycles. The average Bonchev–Trinajstić information content (AvgIpc) is 3.09. The van der Waals surface area contributed by atoms with Crippen molar-refractivity contribution in [2.24, 2.45) is 0 Å². The molecule has 0 saturated carbocycles. The van der Waals surface area contributed by atoms with Crippen molar-refractivity contribution in [3.05, 3.63) is 30.4 Å². The lowest BCUT2D eigenvalue weighted by Crippen LogP contribution is -2.44. The van der Waals surface area contributed by atoms with Crippen molar-refractivity contribution in [2.45, 2.75) is 18.8 Å². The topological polar surface area (TPSA) is 95.1 Å². The predicted octanol–water partition coefficient (Wildman–Crippen LogP) is 0.852. The van der Waals surface area contributed by atoms with Crippen LogP contribution in [0.5, 0.6) is 0 Å². The molecule has 3 rings (SSSR count). The predicted molar refractivity (Wildman–Crippen MR) is 85.8 cm³/mol. The molecule has 2 aromatic heterocycles. The van der Waals surface area contributed by atoms with Gasteiger partial charge in [-0.05, 0) is 18.9 Å². The molecule has 0 radical (unpaired) electrons. The van der Waals surface area contributed by atoms with Gasteiger partial charge >= 0.3 is 0 Å². The number of piperidine rings is 1. The summed E-state index contributed by atoms with van der Waals surface area (Å²) in [4.78, 5) is 8.91. The fraction of sp³-hybridized carbons (Fsp3) is 0.500. The van der Waals surface area contributed by atoms with E-state index in [1.807, 2.05) is 6.07 Å². The Kier molecular flexibility index (Phi) is 4.42. The first-order valence-electron chi connectivity index (χ1n) is 7.48. The van der Waals surface area contributed by atoms with Crippen molar-refractivity contribution in [3.63, 3.8) is 0 Å². The first-order valence-corrected chi connectivity index (χ1v) is 8.87. The van der Waals surface area contributed by atoms with Crippen LogP contribution in [0.3, 0.4) is 0 Å². The van der Waals surface area contributed by atoms with E-state index in [-0.39, 0.29) is 5.92 Å². The molecule has 0 aliphatic carbocycles. The van der Waals surface area contributed by atoms with Crippen LogP contribution < -0.4 is 0 Å². The van der Waals surface area contributed by atoms with Crippen LogP contribution in [0.1, 0.15) is 24.5 Å². The molecule has 1 fully saturated rings. The summed E-state index contributed by atoms with van der Waals surface area (Å²) in [6.45, 7) is 1.02. The van der Waals surface area contributed by atoms with Crippen LogP contribution in [0.4, 0.5) is 0 Å². The van der Waals surface area contributed by atoms with Gasteiger partial charge in [0.25, 0.3) is 10.2 Å². The minimum absolute atomic E-state index is 0.243. The SMILES string of the molecule is CN(C)S(=O)(=O)N1CCC(c2cnc(-c3ccn[nH]3)cn2)CC1. The number of aromatic amines is 1. The third-order valence-electron chi connectivity index (χ3n) is 4.11. The smallest absolute Gasteiger partial charge is 0.276 e. The Morgan fingerprint density at radius 1 is 1.22 bits per heavy atom. The maximum absolute atomic E-state index is 12.1. The molecule has 1 aliphatic rings. The third-order valence-corrected chi connectivity index (χ3v) is 6.05. The lowest BCUT2D eigenvalue weighted by Gasteiger charge is -2.32. The van der Waals surface area contributed by atoms with E-state index in [9.17, 15) is 8.42 Å². The van der Waals surface area contributed by atoms with Crippen LogP contribution in [0, 0.1) is 0 Å². The van der Waals surface area contributed by atoms with E-state index in [4.69, 9.17) is 0 Å². The molecule has 1 aliphatic heterocycles. The van der Waals surface area contributed by atoms with E-state index < -0.39 is 10.2 Å². The number of hydrogen-bond acceptors (Lipinski definition) is 5. The molecule has 0 amide bonds. The van der Waals surface area contributed by atoms with E-state index in [1.165, 1.54) is 8.61 Å². The molecular formula is C14H20N6O2S. The fourth-order valence-electron chi connectivity index (χ4n) is 2.70. The number of nitrogens with zero attached hydrogens (tertiary/aromatic N) is 5. The zero-order chi connectivity index (χ0) is 16.4. The largest absolute Gasteiger partial charge is 0.281 e. The number of aromatic nitrogens is 4. The zero-order valence-corrected chi connectivity index (χ0v) is 14.0. The van der Waals surface area contributed by atoms with Crippen molar-refractivity contribution in [1.29, 1.82) is 0 Å². The molecule has 1 N–H and O–H groups in total. The highest BCUT2D eigenvalue weighted by molar-refractivity contribution is 7.86. The third kappa shape index (κ3) is 3.26.